The molecule has 1 aliphatic rings. The molecule has 2 rings (SSSR count). The van der Waals surface area contributed by atoms with Crippen LogP contribution in [0.3, 0.4) is 0 Å². The molecule has 0 unspecified atom stereocenters. The molecule has 0 radical (unpaired) electrons. The van der Waals surface area contributed by atoms with Crippen LogP contribution in [0.1, 0.15) is 56.3 Å². The van der Waals surface area contributed by atoms with Crippen LogP contribution in [-0.2, 0) is 4.79 Å². The third-order valence-electron chi connectivity index (χ3n) is 4.29. The zero-order valence-electron chi connectivity index (χ0n) is 13.2. The van der Waals surface area contributed by atoms with Crippen molar-refractivity contribution < 1.29 is 9.59 Å². The van der Waals surface area contributed by atoms with E-state index in [4.69, 9.17) is 5.73 Å². The van der Waals surface area contributed by atoms with Crippen LogP contribution in [-0.4, -0.2) is 22.5 Å². The molecule has 3 amide bonds. The molecule has 0 saturated heterocycles. The van der Waals surface area contributed by atoms with E-state index in [-0.39, 0.29) is 12.1 Å². The average Bonchev–Trinajstić information content (AvgIpc) is 2.94. The van der Waals surface area contributed by atoms with Crippen LogP contribution in [0, 0.1) is 6.92 Å². The highest BCUT2D eigenvalue weighted by molar-refractivity contribution is 5.90. The molecule has 0 aliphatic heterocycles. The van der Waals surface area contributed by atoms with Gasteiger partial charge in [0, 0.05) is 6.20 Å². The quantitative estimate of drug-likeness (QED) is 0.775. The van der Waals surface area contributed by atoms with E-state index in [2.05, 4.69) is 15.6 Å². The number of aromatic nitrogens is 1. The normalized spacial score (nSPS) is 17.7. The van der Waals surface area contributed by atoms with Crippen LogP contribution in [0.15, 0.2) is 18.3 Å². The van der Waals surface area contributed by atoms with Crippen LogP contribution in [0.2, 0.25) is 0 Å². The number of pyridine rings is 1. The summed E-state index contributed by atoms with van der Waals surface area (Å²) in [6.45, 7) is 3.97. The number of nitrogens with one attached hydrogen (secondary N) is 2. The van der Waals surface area contributed by atoms with Crippen molar-refractivity contribution >= 4 is 11.9 Å². The van der Waals surface area contributed by atoms with Crippen molar-refractivity contribution in [3.8, 4) is 0 Å². The third kappa shape index (κ3) is 3.55. The predicted octanol–water partition coefficient (Wildman–Crippen LogP) is 1.94. The first-order chi connectivity index (χ1) is 10.5. The molecule has 120 valence electrons. The van der Waals surface area contributed by atoms with E-state index in [1.807, 2.05) is 26.0 Å². The second-order valence-electron chi connectivity index (χ2n) is 5.97. The van der Waals surface area contributed by atoms with Gasteiger partial charge in [-0.1, -0.05) is 19.8 Å². The van der Waals surface area contributed by atoms with E-state index in [1.165, 1.54) is 0 Å². The van der Waals surface area contributed by atoms with Gasteiger partial charge in [0.2, 0.25) is 5.91 Å². The lowest BCUT2D eigenvalue weighted by Gasteiger charge is -2.28. The maximum atomic E-state index is 12.3. The minimum absolute atomic E-state index is 0.189. The van der Waals surface area contributed by atoms with Gasteiger partial charge in [0.25, 0.3) is 0 Å². The van der Waals surface area contributed by atoms with Crippen molar-refractivity contribution in [2.75, 3.05) is 0 Å². The standard InChI is InChI=1S/C16H24N4O2/c1-3-12(13-10-11(2)6-9-18-13)19-15(22)20-16(14(17)21)7-4-5-8-16/h6,9-10,12H,3-5,7-8H2,1-2H3,(H2,17,21)(H2,19,20,22)/t12-/m0/s1. The highest BCUT2D eigenvalue weighted by Crippen LogP contribution is 2.29. The molecule has 1 aliphatic carbocycles. The molecule has 1 fully saturated rings. The first-order valence-electron chi connectivity index (χ1n) is 7.78. The number of hydrogen-bond acceptors (Lipinski definition) is 3. The summed E-state index contributed by atoms with van der Waals surface area (Å²) < 4.78 is 0. The van der Waals surface area contributed by atoms with Gasteiger partial charge < -0.3 is 16.4 Å². The Morgan fingerprint density at radius 1 is 1.41 bits per heavy atom. The zero-order chi connectivity index (χ0) is 16.2. The number of rotatable bonds is 5. The van der Waals surface area contributed by atoms with Crippen molar-refractivity contribution in [3.63, 3.8) is 0 Å². The Bertz CT molecular complexity index is 553. The Morgan fingerprint density at radius 3 is 2.64 bits per heavy atom. The van der Waals surface area contributed by atoms with Gasteiger partial charge in [0.1, 0.15) is 5.54 Å². The van der Waals surface area contributed by atoms with Gasteiger partial charge in [0.15, 0.2) is 0 Å². The summed E-state index contributed by atoms with van der Waals surface area (Å²) in [4.78, 5) is 28.3. The van der Waals surface area contributed by atoms with E-state index in [1.54, 1.807) is 6.20 Å². The number of nitrogens with two attached hydrogens (primary N) is 1. The minimum Gasteiger partial charge on any atom is -0.368 e. The Labute approximate surface area is 130 Å². The lowest BCUT2D eigenvalue weighted by Crippen LogP contribution is -2.58. The monoisotopic (exact) mass is 304 g/mol. The fraction of sp³-hybridized carbons (Fsp3) is 0.562. The molecule has 6 nitrogen and oxygen atoms in total. The van der Waals surface area contributed by atoms with Gasteiger partial charge in [-0.25, -0.2) is 4.79 Å². The molecule has 22 heavy (non-hydrogen) atoms. The Hall–Kier alpha value is -2.11. The number of carbonyl (C=O) groups excluding carboxylic acids is 2. The lowest BCUT2D eigenvalue weighted by atomic mass is 9.97. The van der Waals surface area contributed by atoms with E-state index in [0.29, 0.717) is 19.3 Å². The molecule has 0 aromatic carbocycles. The summed E-state index contributed by atoms with van der Waals surface area (Å²) in [7, 11) is 0. The molecular weight excluding hydrogens is 280 g/mol. The number of urea groups is 1. The van der Waals surface area contributed by atoms with E-state index in [0.717, 1.165) is 24.1 Å². The largest absolute Gasteiger partial charge is 0.368 e. The molecular formula is C16H24N4O2. The number of hydrogen-bond donors (Lipinski definition) is 3. The number of primary amides is 1. The SMILES string of the molecule is CC[C@H](NC(=O)NC1(C(N)=O)CCCC1)c1cc(C)ccn1. The maximum absolute atomic E-state index is 12.3. The first-order valence-corrected chi connectivity index (χ1v) is 7.78. The average molecular weight is 304 g/mol. The topological polar surface area (TPSA) is 97.1 Å². The fourth-order valence-corrected chi connectivity index (χ4v) is 2.96. The Kier molecular flexibility index (Phi) is 5.00. The number of aryl methyl sites for hydroxylation is 1. The van der Waals surface area contributed by atoms with Crippen LogP contribution >= 0.6 is 0 Å². The van der Waals surface area contributed by atoms with E-state index >= 15 is 0 Å². The summed E-state index contributed by atoms with van der Waals surface area (Å²) in [5, 5.41) is 5.69. The molecule has 0 bridgehead atoms. The smallest absolute Gasteiger partial charge is 0.316 e. The molecule has 6 heteroatoms. The molecule has 1 atom stereocenters. The zero-order valence-corrected chi connectivity index (χ0v) is 13.2. The molecule has 1 aromatic rings. The fourth-order valence-electron chi connectivity index (χ4n) is 2.96. The van der Waals surface area contributed by atoms with Crippen LogP contribution in [0.4, 0.5) is 4.79 Å². The van der Waals surface area contributed by atoms with Crippen molar-refractivity contribution in [2.24, 2.45) is 5.73 Å². The van der Waals surface area contributed by atoms with Crippen molar-refractivity contribution in [1.82, 2.24) is 15.6 Å². The lowest BCUT2D eigenvalue weighted by molar-refractivity contribution is -0.123. The summed E-state index contributed by atoms with van der Waals surface area (Å²) >= 11 is 0. The molecule has 0 spiro atoms. The van der Waals surface area contributed by atoms with Gasteiger partial charge in [-0.3, -0.25) is 9.78 Å². The van der Waals surface area contributed by atoms with Gasteiger partial charge >= 0.3 is 6.03 Å². The highest BCUT2D eigenvalue weighted by atomic mass is 16.2. The Morgan fingerprint density at radius 2 is 2.09 bits per heavy atom. The minimum atomic E-state index is -0.900. The number of nitrogens with zero attached hydrogens (tertiary/aromatic N) is 1. The molecule has 4 N–H and O–H groups in total. The van der Waals surface area contributed by atoms with Gasteiger partial charge in [-0.2, -0.15) is 0 Å². The molecule has 1 aromatic heterocycles. The number of amides is 3. The molecule has 1 heterocycles. The Balaban J connectivity index is 2.05. The summed E-state index contributed by atoms with van der Waals surface area (Å²) in [5.41, 5.74) is 6.49. The summed E-state index contributed by atoms with van der Waals surface area (Å²) in [5.74, 6) is -0.457. The molecule has 1 saturated carbocycles. The second kappa shape index (κ2) is 6.77. The van der Waals surface area contributed by atoms with Gasteiger partial charge in [-0.05, 0) is 43.9 Å². The highest BCUT2D eigenvalue weighted by Gasteiger charge is 2.41. The van der Waals surface area contributed by atoms with Crippen LogP contribution in [0.25, 0.3) is 0 Å². The first kappa shape index (κ1) is 16.3. The maximum Gasteiger partial charge on any atom is 0.316 e. The van der Waals surface area contributed by atoms with Crippen LogP contribution in [0.5, 0.6) is 0 Å². The summed E-state index contributed by atoms with van der Waals surface area (Å²) in [6, 6.07) is 3.31. The van der Waals surface area contributed by atoms with Crippen LogP contribution < -0.4 is 16.4 Å². The van der Waals surface area contributed by atoms with Crippen molar-refractivity contribution in [2.45, 2.75) is 57.5 Å². The van der Waals surface area contributed by atoms with Gasteiger partial charge in [0.05, 0.1) is 11.7 Å². The second-order valence-corrected chi connectivity index (χ2v) is 5.97. The van der Waals surface area contributed by atoms with Crippen molar-refractivity contribution in [3.05, 3.63) is 29.6 Å². The van der Waals surface area contributed by atoms with Gasteiger partial charge in [-0.15, -0.1) is 0 Å². The summed E-state index contributed by atoms with van der Waals surface area (Å²) in [6.07, 6.45) is 5.46. The number of carbonyl (C=O) groups is 2. The van der Waals surface area contributed by atoms with Crippen molar-refractivity contribution in [1.29, 1.82) is 0 Å². The van der Waals surface area contributed by atoms with E-state index in [9.17, 15) is 9.59 Å². The van der Waals surface area contributed by atoms with E-state index < -0.39 is 11.4 Å². The third-order valence-corrected chi connectivity index (χ3v) is 4.29. The predicted molar refractivity (Wildman–Crippen MR) is 84.1 cm³/mol.